The van der Waals surface area contributed by atoms with Crippen LogP contribution in [-0.4, -0.2) is 42.0 Å². The Balaban J connectivity index is 1.50. The Morgan fingerprint density at radius 2 is 1.71 bits per heavy atom. The third-order valence-corrected chi connectivity index (χ3v) is 5.13. The van der Waals surface area contributed by atoms with Gasteiger partial charge in [-0.1, -0.05) is 45.7 Å². The van der Waals surface area contributed by atoms with Crippen molar-refractivity contribution in [1.82, 2.24) is 9.80 Å². The normalized spacial score (nSPS) is 15.3. The van der Waals surface area contributed by atoms with E-state index in [0.717, 1.165) is 42.9 Å². The molecule has 1 saturated heterocycles. The lowest BCUT2D eigenvalue weighted by molar-refractivity contribution is 0.143. The number of carbonyl (C=O) groups excluding carboxylic acids is 1. The molecule has 2 aromatic carbocycles. The van der Waals surface area contributed by atoms with Gasteiger partial charge in [0.2, 0.25) is 0 Å². The average molecular weight is 409 g/mol. The van der Waals surface area contributed by atoms with E-state index >= 15 is 0 Å². The van der Waals surface area contributed by atoms with Crippen molar-refractivity contribution in [1.29, 1.82) is 0 Å². The zero-order valence-corrected chi connectivity index (χ0v) is 15.6. The summed E-state index contributed by atoms with van der Waals surface area (Å²) in [6.45, 7) is 4.09. The molecule has 0 unspecified atom stereocenters. The number of hydrogen-bond donors (Lipinski definition) is 1. The number of anilines is 1. The molecule has 1 N–H and O–H groups in total. The molecular weight excluding hydrogens is 390 g/mol. The largest absolute Gasteiger partial charge is 0.322 e. The third-order valence-electron chi connectivity index (χ3n) is 4.11. The van der Waals surface area contributed by atoms with Gasteiger partial charge in [0.25, 0.3) is 0 Å². The van der Waals surface area contributed by atoms with Crippen molar-refractivity contribution >= 4 is 39.2 Å². The molecule has 3 rings (SSSR count). The Labute approximate surface area is 155 Å². The highest BCUT2D eigenvalue weighted by Crippen LogP contribution is 2.19. The Bertz CT molecular complexity index is 700. The van der Waals surface area contributed by atoms with Crippen LogP contribution in [0.25, 0.3) is 0 Å². The van der Waals surface area contributed by atoms with Gasteiger partial charge in [-0.05, 0) is 35.9 Å². The summed E-state index contributed by atoms with van der Waals surface area (Å²) in [6, 6.07) is 15.4. The summed E-state index contributed by atoms with van der Waals surface area (Å²) in [5.74, 6) is 0. The quantitative estimate of drug-likeness (QED) is 0.814. The minimum atomic E-state index is -0.0575. The molecule has 1 aliphatic rings. The van der Waals surface area contributed by atoms with Gasteiger partial charge in [-0.3, -0.25) is 4.90 Å². The van der Waals surface area contributed by atoms with E-state index in [9.17, 15) is 4.79 Å². The molecule has 4 nitrogen and oxygen atoms in total. The van der Waals surface area contributed by atoms with Crippen LogP contribution in [0.1, 0.15) is 5.56 Å². The summed E-state index contributed by atoms with van der Waals surface area (Å²) in [5.41, 5.74) is 2.04. The lowest BCUT2D eigenvalue weighted by Gasteiger charge is -2.34. The molecular formula is C18H19BrClN3O. The number of amides is 2. The number of hydrogen-bond acceptors (Lipinski definition) is 2. The van der Waals surface area contributed by atoms with Crippen LogP contribution in [0.2, 0.25) is 5.02 Å². The predicted molar refractivity (Wildman–Crippen MR) is 101 cm³/mol. The molecule has 24 heavy (non-hydrogen) atoms. The molecule has 0 saturated carbocycles. The zero-order chi connectivity index (χ0) is 16.9. The van der Waals surface area contributed by atoms with Crippen molar-refractivity contribution in [3.05, 3.63) is 63.6 Å². The highest BCUT2D eigenvalue weighted by Gasteiger charge is 2.21. The summed E-state index contributed by atoms with van der Waals surface area (Å²) in [7, 11) is 0. The SMILES string of the molecule is O=C(Nc1ccc(Cl)cc1)N1CCN(Cc2ccccc2Br)CC1. The molecule has 0 radical (unpaired) electrons. The van der Waals surface area contributed by atoms with E-state index in [1.165, 1.54) is 5.56 Å². The van der Waals surface area contributed by atoms with E-state index in [2.05, 4.69) is 44.3 Å². The number of nitrogens with one attached hydrogen (secondary N) is 1. The summed E-state index contributed by atoms with van der Waals surface area (Å²) in [5, 5.41) is 3.58. The molecule has 1 aliphatic heterocycles. The van der Waals surface area contributed by atoms with Crippen LogP contribution >= 0.6 is 27.5 Å². The molecule has 0 atom stereocenters. The van der Waals surface area contributed by atoms with Crippen LogP contribution in [0.15, 0.2) is 53.0 Å². The van der Waals surface area contributed by atoms with Crippen LogP contribution in [-0.2, 0) is 6.54 Å². The minimum absolute atomic E-state index is 0.0575. The lowest BCUT2D eigenvalue weighted by Crippen LogP contribution is -2.49. The molecule has 126 valence electrons. The van der Waals surface area contributed by atoms with E-state index in [1.54, 1.807) is 12.1 Å². The van der Waals surface area contributed by atoms with E-state index < -0.39 is 0 Å². The van der Waals surface area contributed by atoms with E-state index in [0.29, 0.717) is 5.02 Å². The fourth-order valence-corrected chi connectivity index (χ4v) is 3.25. The molecule has 2 amide bonds. The molecule has 2 aromatic rings. The summed E-state index contributed by atoms with van der Waals surface area (Å²) >= 11 is 9.45. The van der Waals surface area contributed by atoms with Crippen LogP contribution < -0.4 is 5.32 Å². The molecule has 1 heterocycles. The standard InChI is InChI=1S/C18H19BrClN3O/c19-17-4-2-1-3-14(17)13-22-9-11-23(12-10-22)18(24)21-16-7-5-15(20)6-8-16/h1-8H,9-13H2,(H,21,24). The molecule has 6 heteroatoms. The van der Waals surface area contributed by atoms with Gasteiger partial charge in [0.1, 0.15) is 0 Å². The first kappa shape index (κ1) is 17.3. The maximum absolute atomic E-state index is 12.3. The summed E-state index contributed by atoms with van der Waals surface area (Å²) in [6.07, 6.45) is 0. The highest BCUT2D eigenvalue weighted by atomic mass is 79.9. The number of carbonyl (C=O) groups is 1. The first-order valence-corrected chi connectivity index (χ1v) is 9.06. The van der Waals surface area contributed by atoms with Crippen molar-refractivity contribution < 1.29 is 4.79 Å². The lowest BCUT2D eigenvalue weighted by atomic mass is 10.2. The van der Waals surface area contributed by atoms with Gasteiger partial charge < -0.3 is 10.2 Å². The maximum atomic E-state index is 12.3. The Kier molecular flexibility index (Phi) is 5.76. The van der Waals surface area contributed by atoms with Crippen molar-refractivity contribution in [2.75, 3.05) is 31.5 Å². The average Bonchev–Trinajstić information content (AvgIpc) is 2.59. The molecule has 0 bridgehead atoms. The van der Waals surface area contributed by atoms with Gasteiger partial charge in [0, 0.05) is 47.9 Å². The summed E-state index contributed by atoms with van der Waals surface area (Å²) in [4.78, 5) is 16.5. The predicted octanol–water partition coefficient (Wildman–Crippen LogP) is 4.45. The van der Waals surface area contributed by atoms with Gasteiger partial charge in [0.15, 0.2) is 0 Å². The first-order chi connectivity index (χ1) is 11.6. The molecule has 0 spiro atoms. The highest BCUT2D eigenvalue weighted by molar-refractivity contribution is 9.10. The monoisotopic (exact) mass is 407 g/mol. The van der Waals surface area contributed by atoms with Gasteiger partial charge in [-0.25, -0.2) is 4.79 Å². The Hall–Kier alpha value is -1.56. The van der Waals surface area contributed by atoms with Crippen molar-refractivity contribution in [3.8, 4) is 0 Å². The summed E-state index contributed by atoms with van der Waals surface area (Å²) < 4.78 is 1.13. The van der Waals surface area contributed by atoms with Gasteiger partial charge in [-0.15, -0.1) is 0 Å². The van der Waals surface area contributed by atoms with E-state index in [-0.39, 0.29) is 6.03 Å². The van der Waals surface area contributed by atoms with Crippen LogP contribution in [0.5, 0.6) is 0 Å². The second kappa shape index (κ2) is 8.01. The van der Waals surface area contributed by atoms with Crippen LogP contribution in [0.3, 0.4) is 0 Å². The van der Waals surface area contributed by atoms with E-state index in [4.69, 9.17) is 11.6 Å². The number of benzene rings is 2. The molecule has 1 fully saturated rings. The van der Waals surface area contributed by atoms with Crippen molar-refractivity contribution in [3.63, 3.8) is 0 Å². The first-order valence-electron chi connectivity index (χ1n) is 7.89. The van der Waals surface area contributed by atoms with Crippen molar-refractivity contribution in [2.24, 2.45) is 0 Å². The van der Waals surface area contributed by atoms with Crippen LogP contribution in [0.4, 0.5) is 10.5 Å². The topological polar surface area (TPSA) is 35.6 Å². The second-order valence-electron chi connectivity index (χ2n) is 5.79. The van der Waals surface area contributed by atoms with Crippen LogP contribution in [0, 0.1) is 0 Å². The number of urea groups is 1. The van der Waals surface area contributed by atoms with Gasteiger partial charge in [-0.2, -0.15) is 0 Å². The zero-order valence-electron chi connectivity index (χ0n) is 13.2. The molecule has 0 aliphatic carbocycles. The number of piperazine rings is 1. The Morgan fingerprint density at radius 3 is 2.38 bits per heavy atom. The maximum Gasteiger partial charge on any atom is 0.321 e. The van der Waals surface area contributed by atoms with E-state index in [1.807, 2.05) is 23.1 Å². The number of nitrogens with zero attached hydrogens (tertiary/aromatic N) is 2. The smallest absolute Gasteiger partial charge is 0.321 e. The fraction of sp³-hybridized carbons (Fsp3) is 0.278. The second-order valence-corrected chi connectivity index (χ2v) is 7.08. The number of halogens is 2. The third kappa shape index (κ3) is 4.50. The van der Waals surface area contributed by atoms with Gasteiger partial charge >= 0.3 is 6.03 Å². The Morgan fingerprint density at radius 1 is 1.04 bits per heavy atom. The fourth-order valence-electron chi connectivity index (χ4n) is 2.71. The minimum Gasteiger partial charge on any atom is -0.322 e. The van der Waals surface area contributed by atoms with Crippen molar-refractivity contribution in [2.45, 2.75) is 6.54 Å². The van der Waals surface area contributed by atoms with Gasteiger partial charge in [0.05, 0.1) is 0 Å². The molecule has 0 aromatic heterocycles. The number of rotatable bonds is 3.